The average Bonchev–Trinajstić information content (AvgIpc) is 2.25. The van der Waals surface area contributed by atoms with Crippen molar-refractivity contribution >= 4 is 0 Å². The molecule has 0 aliphatic carbocycles. The quantitative estimate of drug-likeness (QED) is 0.713. The highest BCUT2D eigenvalue weighted by Crippen LogP contribution is 2.22. The molecule has 17 heavy (non-hydrogen) atoms. The molecule has 1 rings (SSSR count). The number of hydrogen-bond acceptors (Lipinski definition) is 3. The molecule has 0 spiro atoms. The summed E-state index contributed by atoms with van der Waals surface area (Å²) in [5, 5.41) is 12.4. The van der Waals surface area contributed by atoms with Gasteiger partial charge in [-0.25, -0.2) is 0 Å². The standard InChI is InChI=1S/C14H30N2O/c1-4-5-13-8-14(15-6-7-17)11-16(10-13)9-12(2)3/h12-15,17H,4-11H2,1-3H3. The highest BCUT2D eigenvalue weighted by atomic mass is 16.3. The molecule has 3 heteroatoms. The molecule has 102 valence electrons. The largest absolute Gasteiger partial charge is 0.395 e. The summed E-state index contributed by atoms with van der Waals surface area (Å²) in [4.78, 5) is 2.60. The number of piperidine rings is 1. The van der Waals surface area contributed by atoms with Crippen LogP contribution in [0, 0.1) is 11.8 Å². The molecule has 0 bridgehead atoms. The van der Waals surface area contributed by atoms with E-state index in [0.717, 1.165) is 24.9 Å². The van der Waals surface area contributed by atoms with Gasteiger partial charge in [-0.2, -0.15) is 0 Å². The molecule has 0 amide bonds. The first-order chi connectivity index (χ1) is 8.15. The van der Waals surface area contributed by atoms with Crippen molar-refractivity contribution in [1.82, 2.24) is 10.2 Å². The van der Waals surface area contributed by atoms with Gasteiger partial charge in [-0.05, 0) is 24.7 Å². The van der Waals surface area contributed by atoms with Gasteiger partial charge in [-0.1, -0.05) is 27.2 Å². The first-order valence-corrected chi connectivity index (χ1v) is 7.22. The van der Waals surface area contributed by atoms with Crippen LogP contribution in [0.5, 0.6) is 0 Å². The maximum atomic E-state index is 8.90. The van der Waals surface area contributed by atoms with Gasteiger partial charge in [-0.15, -0.1) is 0 Å². The Labute approximate surface area is 107 Å². The summed E-state index contributed by atoms with van der Waals surface area (Å²) in [5.41, 5.74) is 0. The van der Waals surface area contributed by atoms with Gasteiger partial charge in [0.1, 0.15) is 0 Å². The lowest BCUT2D eigenvalue weighted by Gasteiger charge is -2.39. The lowest BCUT2D eigenvalue weighted by molar-refractivity contribution is 0.120. The maximum Gasteiger partial charge on any atom is 0.0556 e. The third-order valence-corrected chi connectivity index (χ3v) is 3.48. The van der Waals surface area contributed by atoms with Gasteiger partial charge in [0.05, 0.1) is 6.61 Å². The van der Waals surface area contributed by atoms with Crippen LogP contribution in [0.25, 0.3) is 0 Å². The van der Waals surface area contributed by atoms with E-state index in [-0.39, 0.29) is 6.61 Å². The lowest BCUT2D eigenvalue weighted by Crippen LogP contribution is -2.50. The molecule has 2 unspecified atom stereocenters. The summed E-state index contributed by atoms with van der Waals surface area (Å²) in [6, 6.07) is 0.575. The Balaban J connectivity index is 2.43. The van der Waals surface area contributed by atoms with Gasteiger partial charge >= 0.3 is 0 Å². The topological polar surface area (TPSA) is 35.5 Å². The summed E-state index contributed by atoms with van der Waals surface area (Å²) in [7, 11) is 0. The Morgan fingerprint density at radius 2 is 2.12 bits per heavy atom. The van der Waals surface area contributed by atoms with E-state index in [9.17, 15) is 0 Å². The Hall–Kier alpha value is -0.120. The number of rotatable bonds is 7. The second-order valence-electron chi connectivity index (χ2n) is 5.88. The van der Waals surface area contributed by atoms with Crippen LogP contribution in [-0.4, -0.2) is 48.8 Å². The molecule has 0 radical (unpaired) electrons. The zero-order valence-electron chi connectivity index (χ0n) is 11.8. The average molecular weight is 242 g/mol. The van der Waals surface area contributed by atoms with E-state index < -0.39 is 0 Å². The van der Waals surface area contributed by atoms with Crippen LogP contribution < -0.4 is 5.32 Å². The van der Waals surface area contributed by atoms with Gasteiger partial charge in [0.2, 0.25) is 0 Å². The van der Waals surface area contributed by atoms with Gasteiger partial charge in [0.25, 0.3) is 0 Å². The smallest absolute Gasteiger partial charge is 0.0556 e. The van der Waals surface area contributed by atoms with Crippen molar-refractivity contribution in [2.75, 3.05) is 32.8 Å². The molecule has 1 fully saturated rings. The van der Waals surface area contributed by atoms with Crippen LogP contribution in [0.3, 0.4) is 0 Å². The summed E-state index contributed by atoms with van der Waals surface area (Å²) < 4.78 is 0. The monoisotopic (exact) mass is 242 g/mol. The van der Waals surface area contributed by atoms with E-state index in [1.807, 2.05) is 0 Å². The predicted molar refractivity (Wildman–Crippen MR) is 73.2 cm³/mol. The molecular weight excluding hydrogens is 212 g/mol. The minimum Gasteiger partial charge on any atom is -0.395 e. The lowest BCUT2D eigenvalue weighted by atomic mass is 9.90. The van der Waals surface area contributed by atoms with Crippen LogP contribution in [0.4, 0.5) is 0 Å². The third kappa shape index (κ3) is 5.84. The van der Waals surface area contributed by atoms with E-state index in [1.165, 1.54) is 32.4 Å². The number of nitrogens with one attached hydrogen (secondary N) is 1. The van der Waals surface area contributed by atoms with Gasteiger partial charge < -0.3 is 15.3 Å². The molecular formula is C14H30N2O. The zero-order chi connectivity index (χ0) is 12.7. The minimum absolute atomic E-state index is 0.249. The first-order valence-electron chi connectivity index (χ1n) is 7.22. The van der Waals surface area contributed by atoms with Crippen LogP contribution in [0.2, 0.25) is 0 Å². The van der Waals surface area contributed by atoms with Crippen LogP contribution in [0.1, 0.15) is 40.0 Å². The number of aliphatic hydroxyl groups is 1. The molecule has 2 atom stereocenters. The molecule has 0 aromatic heterocycles. The second kappa shape index (κ2) is 8.06. The zero-order valence-corrected chi connectivity index (χ0v) is 11.8. The van der Waals surface area contributed by atoms with E-state index in [4.69, 9.17) is 5.11 Å². The number of likely N-dealkylation sites (tertiary alicyclic amines) is 1. The predicted octanol–water partition coefficient (Wildman–Crippen LogP) is 1.71. The molecule has 2 N–H and O–H groups in total. The summed E-state index contributed by atoms with van der Waals surface area (Å²) >= 11 is 0. The van der Waals surface area contributed by atoms with Crippen LogP contribution in [0.15, 0.2) is 0 Å². The minimum atomic E-state index is 0.249. The van der Waals surface area contributed by atoms with E-state index in [1.54, 1.807) is 0 Å². The molecule has 0 saturated carbocycles. The van der Waals surface area contributed by atoms with Crippen molar-refractivity contribution in [2.45, 2.75) is 46.1 Å². The van der Waals surface area contributed by atoms with E-state index in [2.05, 4.69) is 31.0 Å². The van der Waals surface area contributed by atoms with Crippen molar-refractivity contribution in [1.29, 1.82) is 0 Å². The van der Waals surface area contributed by atoms with Crippen LogP contribution in [-0.2, 0) is 0 Å². The maximum absolute atomic E-state index is 8.90. The molecule has 1 saturated heterocycles. The fourth-order valence-electron chi connectivity index (χ4n) is 3.00. The summed E-state index contributed by atoms with van der Waals surface area (Å²) in [6.45, 7) is 11.5. The molecule has 0 aromatic carbocycles. The number of hydrogen-bond donors (Lipinski definition) is 2. The molecule has 3 nitrogen and oxygen atoms in total. The molecule has 1 aliphatic rings. The molecule has 0 aromatic rings. The Morgan fingerprint density at radius 1 is 1.35 bits per heavy atom. The SMILES string of the molecule is CCCC1CC(NCCO)CN(CC(C)C)C1. The van der Waals surface area contributed by atoms with Gasteiger partial charge in [0.15, 0.2) is 0 Å². The Bertz CT molecular complexity index is 197. The van der Waals surface area contributed by atoms with Gasteiger partial charge in [-0.3, -0.25) is 0 Å². The third-order valence-electron chi connectivity index (χ3n) is 3.48. The molecule has 1 aliphatic heterocycles. The number of aliphatic hydroxyl groups excluding tert-OH is 1. The summed E-state index contributed by atoms with van der Waals surface area (Å²) in [5.74, 6) is 1.58. The number of nitrogens with zero attached hydrogens (tertiary/aromatic N) is 1. The van der Waals surface area contributed by atoms with E-state index in [0.29, 0.717) is 6.04 Å². The van der Waals surface area contributed by atoms with Crippen molar-refractivity contribution in [2.24, 2.45) is 11.8 Å². The van der Waals surface area contributed by atoms with E-state index >= 15 is 0 Å². The van der Waals surface area contributed by atoms with Gasteiger partial charge in [0, 0.05) is 32.2 Å². The van der Waals surface area contributed by atoms with Crippen molar-refractivity contribution in [3.8, 4) is 0 Å². The van der Waals surface area contributed by atoms with Crippen molar-refractivity contribution < 1.29 is 5.11 Å². The van der Waals surface area contributed by atoms with Crippen molar-refractivity contribution in [3.05, 3.63) is 0 Å². The van der Waals surface area contributed by atoms with Crippen molar-refractivity contribution in [3.63, 3.8) is 0 Å². The van der Waals surface area contributed by atoms with Crippen LogP contribution >= 0.6 is 0 Å². The fourth-order valence-corrected chi connectivity index (χ4v) is 3.00. The normalized spacial score (nSPS) is 26.6. The first kappa shape index (κ1) is 14.9. The molecule has 1 heterocycles. The summed E-state index contributed by atoms with van der Waals surface area (Å²) in [6.07, 6.45) is 3.90. The Kier molecular flexibility index (Phi) is 7.09. The highest BCUT2D eigenvalue weighted by molar-refractivity contribution is 4.83. The highest BCUT2D eigenvalue weighted by Gasteiger charge is 2.26. The Morgan fingerprint density at radius 3 is 2.71 bits per heavy atom. The second-order valence-corrected chi connectivity index (χ2v) is 5.88. The fraction of sp³-hybridized carbons (Fsp3) is 1.00.